The summed E-state index contributed by atoms with van der Waals surface area (Å²) < 4.78 is 22.5. The molecule has 3 aromatic rings. The summed E-state index contributed by atoms with van der Waals surface area (Å²) in [5.41, 5.74) is 2.97. The third kappa shape index (κ3) is 3.37. The van der Waals surface area contributed by atoms with E-state index in [1.54, 1.807) is 18.2 Å². The summed E-state index contributed by atoms with van der Waals surface area (Å²) in [6.07, 6.45) is 2.20. The quantitative estimate of drug-likeness (QED) is 0.693. The summed E-state index contributed by atoms with van der Waals surface area (Å²) in [7, 11) is 0. The van der Waals surface area contributed by atoms with Gasteiger partial charge in [-0.3, -0.25) is 4.79 Å². The molecule has 0 unspecified atom stereocenters. The van der Waals surface area contributed by atoms with E-state index in [4.69, 9.17) is 18.6 Å². The average molecular weight is 421 g/mol. The first-order valence-electron chi connectivity index (χ1n) is 10.6. The van der Waals surface area contributed by atoms with Crippen molar-refractivity contribution in [2.45, 2.75) is 12.8 Å². The highest BCUT2D eigenvalue weighted by Gasteiger charge is 2.41. The first-order valence-corrected chi connectivity index (χ1v) is 10.6. The van der Waals surface area contributed by atoms with Crippen LogP contribution in [-0.2, 0) is 4.74 Å². The molecule has 8 nitrogen and oxygen atoms in total. The van der Waals surface area contributed by atoms with E-state index in [9.17, 15) is 4.79 Å². The van der Waals surface area contributed by atoms with Gasteiger partial charge in [0, 0.05) is 29.8 Å². The molecule has 3 aliphatic rings. The van der Waals surface area contributed by atoms with Gasteiger partial charge in [0.25, 0.3) is 11.9 Å². The Kier molecular flexibility index (Phi) is 4.27. The Bertz CT molecular complexity index is 1140. The minimum absolute atomic E-state index is 0.218. The molecule has 1 aromatic heterocycles. The number of nitrogens with one attached hydrogen (secondary N) is 1. The molecule has 0 saturated carbocycles. The van der Waals surface area contributed by atoms with Crippen LogP contribution < -0.4 is 19.7 Å². The number of oxazole rings is 1. The third-order valence-corrected chi connectivity index (χ3v) is 6.35. The van der Waals surface area contributed by atoms with E-state index in [-0.39, 0.29) is 5.91 Å². The number of amides is 1. The van der Waals surface area contributed by atoms with Crippen LogP contribution in [0.15, 0.2) is 40.8 Å². The van der Waals surface area contributed by atoms with Gasteiger partial charge in [-0.15, -0.1) is 0 Å². The van der Waals surface area contributed by atoms with E-state index < -0.39 is 0 Å². The average Bonchev–Trinajstić information content (AvgIpc) is 3.21. The van der Waals surface area contributed by atoms with E-state index in [2.05, 4.69) is 15.2 Å². The zero-order chi connectivity index (χ0) is 20.8. The number of hydrogen-bond acceptors (Lipinski definition) is 7. The van der Waals surface area contributed by atoms with Crippen molar-refractivity contribution in [1.29, 1.82) is 0 Å². The standard InChI is InChI=1S/C23H23N3O5/c27-21(15-1-3-19-20(11-15)30-10-9-29-19)24-16-2-4-18-17(12-16)25-22(31-18)26-7-5-23(6-8-26)13-28-14-23/h1-4,11-12H,5-10,13-14H2,(H,24,27). The second-order valence-electron chi connectivity index (χ2n) is 8.47. The molecule has 0 atom stereocenters. The number of carbonyl (C=O) groups is 1. The molecule has 1 amide bonds. The highest BCUT2D eigenvalue weighted by Crippen LogP contribution is 2.40. The van der Waals surface area contributed by atoms with Crippen LogP contribution in [0.2, 0.25) is 0 Å². The maximum atomic E-state index is 12.7. The lowest BCUT2D eigenvalue weighted by Gasteiger charge is -2.46. The van der Waals surface area contributed by atoms with Gasteiger partial charge in [0.2, 0.25) is 0 Å². The van der Waals surface area contributed by atoms with E-state index >= 15 is 0 Å². The second-order valence-corrected chi connectivity index (χ2v) is 8.47. The molecule has 1 spiro atoms. The van der Waals surface area contributed by atoms with E-state index in [1.165, 1.54) is 0 Å². The molecule has 31 heavy (non-hydrogen) atoms. The number of nitrogens with zero attached hydrogens (tertiary/aromatic N) is 2. The number of anilines is 2. The number of hydrogen-bond donors (Lipinski definition) is 1. The van der Waals surface area contributed by atoms with E-state index in [1.807, 2.05) is 18.2 Å². The zero-order valence-electron chi connectivity index (χ0n) is 17.1. The van der Waals surface area contributed by atoms with Gasteiger partial charge in [0.15, 0.2) is 17.1 Å². The zero-order valence-corrected chi connectivity index (χ0v) is 17.1. The Morgan fingerprint density at radius 2 is 1.81 bits per heavy atom. The molecule has 160 valence electrons. The van der Waals surface area contributed by atoms with E-state index in [0.29, 0.717) is 53.0 Å². The van der Waals surface area contributed by atoms with Crippen molar-refractivity contribution < 1.29 is 23.4 Å². The second kappa shape index (κ2) is 7.16. The lowest BCUT2D eigenvalue weighted by Crippen LogP contribution is -2.51. The fourth-order valence-corrected chi connectivity index (χ4v) is 4.37. The van der Waals surface area contributed by atoms with Crippen LogP contribution in [0.25, 0.3) is 11.1 Å². The van der Waals surface area contributed by atoms with Crippen LogP contribution in [0.5, 0.6) is 11.5 Å². The molecular weight excluding hydrogens is 398 g/mol. The highest BCUT2D eigenvalue weighted by molar-refractivity contribution is 6.05. The van der Waals surface area contributed by atoms with Gasteiger partial charge in [-0.25, -0.2) is 0 Å². The van der Waals surface area contributed by atoms with Crippen LogP contribution in [0.4, 0.5) is 11.7 Å². The molecule has 0 radical (unpaired) electrons. The van der Waals surface area contributed by atoms with Crippen molar-refractivity contribution in [2.75, 3.05) is 49.7 Å². The molecular formula is C23H23N3O5. The smallest absolute Gasteiger partial charge is 0.298 e. The minimum Gasteiger partial charge on any atom is -0.486 e. The number of rotatable bonds is 3. The summed E-state index contributed by atoms with van der Waals surface area (Å²) in [6, 6.07) is 11.3. The van der Waals surface area contributed by atoms with Crippen molar-refractivity contribution in [3.05, 3.63) is 42.0 Å². The van der Waals surface area contributed by atoms with Crippen LogP contribution in [0, 0.1) is 5.41 Å². The monoisotopic (exact) mass is 421 g/mol. The summed E-state index contributed by atoms with van der Waals surface area (Å²) in [6.45, 7) is 4.59. The SMILES string of the molecule is O=C(Nc1ccc2oc(N3CCC4(CC3)COC4)nc2c1)c1ccc2c(c1)OCCO2. The normalized spacial score (nSPS) is 19.3. The molecule has 0 bridgehead atoms. The lowest BCUT2D eigenvalue weighted by atomic mass is 9.77. The fraction of sp³-hybridized carbons (Fsp3) is 0.391. The largest absolute Gasteiger partial charge is 0.486 e. The van der Waals surface area contributed by atoms with Crippen LogP contribution >= 0.6 is 0 Å². The Labute approximate surface area is 179 Å². The molecule has 6 rings (SSSR count). The number of benzene rings is 2. The maximum absolute atomic E-state index is 12.7. The number of ether oxygens (including phenoxy) is 3. The topological polar surface area (TPSA) is 86.1 Å². The van der Waals surface area contributed by atoms with Gasteiger partial charge in [-0.2, -0.15) is 4.98 Å². The lowest BCUT2D eigenvalue weighted by molar-refractivity contribution is -0.124. The van der Waals surface area contributed by atoms with Gasteiger partial charge in [0.1, 0.15) is 18.7 Å². The Hall–Kier alpha value is -3.26. The van der Waals surface area contributed by atoms with Crippen molar-refractivity contribution in [3.63, 3.8) is 0 Å². The van der Waals surface area contributed by atoms with Crippen molar-refractivity contribution in [3.8, 4) is 11.5 Å². The van der Waals surface area contributed by atoms with Crippen LogP contribution in [0.3, 0.4) is 0 Å². The van der Waals surface area contributed by atoms with Crippen molar-refractivity contribution in [1.82, 2.24) is 4.98 Å². The minimum atomic E-state index is -0.218. The third-order valence-electron chi connectivity index (χ3n) is 6.35. The van der Waals surface area contributed by atoms with Crippen molar-refractivity contribution >= 4 is 28.7 Å². The predicted molar refractivity (Wildman–Crippen MR) is 114 cm³/mol. The Morgan fingerprint density at radius 3 is 2.58 bits per heavy atom. The molecule has 1 N–H and O–H groups in total. The van der Waals surface area contributed by atoms with Gasteiger partial charge in [0.05, 0.1) is 13.2 Å². The summed E-state index contributed by atoms with van der Waals surface area (Å²) in [5.74, 6) is 1.03. The van der Waals surface area contributed by atoms with E-state index in [0.717, 1.165) is 44.7 Å². The summed E-state index contributed by atoms with van der Waals surface area (Å²) in [4.78, 5) is 19.6. The van der Waals surface area contributed by atoms with Gasteiger partial charge in [-0.05, 0) is 49.2 Å². The number of fused-ring (bicyclic) bond motifs is 2. The number of aromatic nitrogens is 1. The molecule has 0 aliphatic carbocycles. The fourth-order valence-electron chi connectivity index (χ4n) is 4.37. The molecule has 8 heteroatoms. The number of piperidine rings is 1. The molecule has 3 aliphatic heterocycles. The van der Waals surface area contributed by atoms with Crippen molar-refractivity contribution in [2.24, 2.45) is 5.41 Å². The predicted octanol–water partition coefficient (Wildman–Crippen LogP) is 3.47. The highest BCUT2D eigenvalue weighted by atomic mass is 16.6. The van der Waals surface area contributed by atoms with Gasteiger partial charge in [-0.1, -0.05) is 0 Å². The Balaban J connectivity index is 1.17. The number of carbonyl (C=O) groups excluding carboxylic acids is 1. The molecule has 2 aromatic carbocycles. The molecule has 4 heterocycles. The van der Waals surface area contributed by atoms with Crippen LogP contribution in [-0.4, -0.2) is 50.4 Å². The first-order chi connectivity index (χ1) is 15.2. The first kappa shape index (κ1) is 18.5. The summed E-state index contributed by atoms with van der Waals surface area (Å²) >= 11 is 0. The van der Waals surface area contributed by atoms with Gasteiger partial charge >= 0.3 is 0 Å². The molecule has 2 fully saturated rings. The Morgan fingerprint density at radius 1 is 1.00 bits per heavy atom. The van der Waals surface area contributed by atoms with Gasteiger partial charge < -0.3 is 28.8 Å². The maximum Gasteiger partial charge on any atom is 0.298 e. The molecule has 2 saturated heterocycles. The van der Waals surface area contributed by atoms with Crippen LogP contribution in [0.1, 0.15) is 23.2 Å². The summed E-state index contributed by atoms with van der Waals surface area (Å²) in [5, 5.41) is 2.93.